The quantitative estimate of drug-likeness (QED) is 0.115. The Kier molecular flexibility index (Phi) is 12.1. The molecule has 3 aliphatic rings. The SMILES string of the molecule is CS(=O)(=O)N(CCN1CCOCC1)c1ccc2c(c1)CC(=O)N2CC(=O)O[C@@H](Cc1c(Cl)c[n+]([O-])cc1Cl)c1ccc(OC(F)F)c(OCC2CC2)c1. The molecule has 0 spiro atoms. The summed E-state index contributed by atoms with van der Waals surface area (Å²) in [4.78, 5) is 30.3. The maximum atomic E-state index is 13.6. The summed E-state index contributed by atoms with van der Waals surface area (Å²) in [5.41, 5.74) is 1.97. The van der Waals surface area contributed by atoms with Crippen molar-refractivity contribution in [2.75, 3.05) is 68.0 Å². The van der Waals surface area contributed by atoms with Crippen molar-refractivity contribution < 1.29 is 50.5 Å². The number of fused-ring (bicyclic) bond motifs is 1. The van der Waals surface area contributed by atoms with E-state index in [1.165, 1.54) is 27.4 Å². The molecule has 1 atom stereocenters. The van der Waals surface area contributed by atoms with Gasteiger partial charge in [0.1, 0.15) is 22.7 Å². The third-order valence-electron chi connectivity index (χ3n) is 9.14. The standard InChI is InChI=1S/C35H38Cl2F2N4O9S/c1-53(47,48)43(9-8-40-10-12-49-13-11-40)25-5-6-29-24(14-25)16-33(44)42(29)20-34(45)51-31(17-26-27(36)18-41(46)19-28(26)37)23-4-7-30(52-35(38)39)32(15-23)50-21-22-2-3-22/h4-7,14-15,18-19,22,31,35H,2-3,8-13,16-17,20-21H2,1H3/t31-/m0/s1. The van der Waals surface area contributed by atoms with Crippen LogP contribution in [0.2, 0.25) is 10.0 Å². The molecule has 0 unspecified atom stereocenters. The van der Waals surface area contributed by atoms with Gasteiger partial charge in [-0.05, 0) is 60.2 Å². The van der Waals surface area contributed by atoms with Crippen molar-refractivity contribution in [2.45, 2.75) is 38.4 Å². The van der Waals surface area contributed by atoms with Crippen molar-refractivity contribution in [3.63, 3.8) is 0 Å². The molecule has 0 radical (unpaired) electrons. The van der Waals surface area contributed by atoms with E-state index in [-0.39, 0.29) is 59.0 Å². The fraction of sp³-hybridized carbons (Fsp3) is 0.457. The van der Waals surface area contributed by atoms with Crippen LogP contribution in [-0.4, -0.2) is 90.6 Å². The number of nitrogens with zero attached hydrogens (tertiary/aromatic N) is 4. The van der Waals surface area contributed by atoms with Crippen LogP contribution < -0.4 is 23.4 Å². The van der Waals surface area contributed by atoms with Crippen molar-refractivity contribution in [3.05, 3.63) is 80.7 Å². The van der Waals surface area contributed by atoms with Crippen molar-refractivity contribution in [3.8, 4) is 11.5 Å². The normalized spacial score (nSPS) is 16.8. The predicted molar refractivity (Wildman–Crippen MR) is 191 cm³/mol. The van der Waals surface area contributed by atoms with Crippen molar-refractivity contribution in [1.82, 2.24) is 4.90 Å². The molecule has 2 aromatic carbocycles. The van der Waals surface area contributed by atoms with Gasteiger partial charge in [0.2, 0.25) is 15.9 Å². The van der Waals surface area contributed by atoms with E-state index in [1.807, 2.05) is 0 Å². The Hall–Kier alpha value is -3.96. The number of alkyl halides is 2. The maximum Gasteiger partial charge on any atom is 0.387 e. The van der Waals surface area contributed by atoms with Crippen molar-refractivity contribution >= 4 is 56.5 Å². The molecule has 3 aromatic rings. The number of morpholine rings is 1. The zero-order valence-corrected chi connectivity index (χ0v) is 31.0. The van der Waals surface area contributed by atoms with E-state index in [4.69, 9.17) is 37.4 Å². The second kappa shape index (κ2) is 16.6. The molecule has 3 heterocycles. The van der Waals surface area contributed by atoms with Crippen molar-refractivity contribution in [2.24, 2.45) is 5.92 Å². The van der Waals surface area contributed by atoms with Gasteiger partial charge >= 0.3 is 12.6 Å². The van der Waals surface area contributed by atoms with Gasteiger partial charge in [0.25, 0.3) is 0 Å². The number of esters is 1. The average Bonchev–Trinajstić information content (AvgIpc) is 3.87. The molecule has 0 N–H and O–H groups in total. The van der Waals surface area contributed by atoms with Crippen LogP contribution in [0.5, 0.6) is 11.5 Å². The first-order valence-electron chi connectivity index (χ1n) is 16.9. The lowest BCUT2D eigenvalue weighted by Crippen LogP contribution is -2.43. The van der Waals surface area contributed by atoms with Gasteiger partial charge in [-0.2, -0.15) is 13.5 Å². The smallest absolute Gasteiger partial charge is 0.387 e. The van der Waals surface area contributed by atoms with E-state index >= 15 is 0 Å². The van der Waals surface area contributed by atoms with Gasteiger partial charge in [0.05, 0.1) is 38.2 Å². The lowest BCUT2D eigenvalue weighted by atomic mass is 10.0. The molecule has 53 heavy (non-hydrogen) atoms. The van der Waals surface area contributed by atoms with Gasteiger partial charge in [-0.25, -0.2) is 8.42 Å². The van der Waals surface area contributed by atoms with Crippen LogP contribution in [0.3, 0.4) is 0 Å². The molecule has 18 heteroatoms. The second-order valence-corrected chi connectivity index (χ2v) is 15.8. The lowest BCUT2D eigenvalue weighted by Gasteiger charge is -2.30. The second-order valence-electron chi connectivity index (χ2n) is 13.1. The topological polar surface area (TPSA) is 142 Å². The first-order valence-corrected chi connectivity index (χ1v) is 19.5. The maximum absolute atomic E-state index is 13.6. The molecule has 6 rings (SSSR count). The highest BCUT2D eigenvalue weighted by molar-refractivity contribution is 7.92. The van der Waals surface area contributed by atoms with Crippen LogP contribution >= 0.6 is 23.2 Å². The Labute approximate surface area is 315 Å². The molecule has 1 saturated carbocycles. The predicted octanol–water partition coefficient (Wildman–Crippen LogP) is 4.53. The zero-order valence-electron chi connectivity index (χ0n) is 28.7. The van der Waals surface area contributed by atoms with E-state index < -0.39 is 41.2 Å². The fourth-order valence-corrected chi connectivity index (χ4v) is 7.74. The number of hydrogen-bond donors (Lipinski definition) is 0. The number of sulfonamides is 1. The molecule has 1 aromatic heterocycles. The first-order chi connectivity index (χ1) is 25.2. The van der Waals surface area contributed by atoms with E-state index in [0.29, 0.717) is 60.1 Å². The van der Waals surface area contributed by atoms with Crippen LogP contribution in [0.4, 0.5) is 20.2 Å². The molecule has 13 nitrogen and oxygen atoms in total. The van der Waals surface area contributed by atoms with E-state index in [9.17, 15) is 32.0 Å². The summed E-state index contributed by atoms with van der Waals surface area (Å²) in [5.74, 6) is -1.12. The van der Waals surface area contributed by atoms with Crippen LogP contribution in [-0.2, 0) is 41.9 Å². The zero-order chi connectivity index (χ0) is 37.9. The molecule has 2 fully saturated rings. The summed E-state index contributed by atoms with van der Waals surface area (Å²) < 4.78 is 75.6. The third-order valence-corrected chi connectivity index (χ3v) is 11.0. The summed E-state index contributed by atoms with van der Waals surface area (Å²) >= 11 is 12.7. The Morgan fingerprint density at radius 2 is 1.81 bits per heavy atom. The molecule has 2 aliphatic heterocycles. The van der Waals surface area contributed by atoms with Gasteiger partial charge in [-0.15, -0.1) is 0 Å². The number of ether oxygens (including phenoxy) is 4. The minimum Gasteiger partial charge on any atom is -0.619 e. The fourth-order valence-electron chi connectivity index (χ4n) is 6.23. The summed E-state index contributed by atoms with van der Waals surface area (Å²) in [6.45, 7) is -0.0833. The van der Waals surface area contributed by atoms with Crippen LogP contribution in [0, 0.1) is 11.1 Å². The molecule has 1 aliphatic carbocycles. The number of rotatable bonds is 16. The van der Waals surface area contributed by atoms with Crippen LogP contribution in [0.25, 0.3) is 0 Å². The highest BCUT2D eigenvalue weighted by Crippen LogP contribution is 2.38. The number of benzene rings is 2. The highest BCUT2D eigenvalue weighted by atomic mass is 35.5. The highest BCUT2D eigenvalue weighted by Gasteiger charge is 2.33. The van der Waals surface area contributed by atoms with Gasteiger partial charge in [-0.3, -0.25) is 18.8 Å². The average molecular weight is 800 g/mol. The van der Waals surface area contributed by atoms with E-state index in [0.717, 1.165) is 31.5 Å². The summed E-state index contributed by atoms with van der Waals surface area (Å²) in [5, 5.41) is 11.9. The first kappa shape index (κ1) is 38.8. The Bertz CT molecular complexity index is 1930. The minimum absolute atomic E-state index is 0.00365. The minimum atomic E-state index is -3.66. The molecule has 286 valence electrons. The lowest BCUT2D eigenvalue weighted by molar-refractivity contribution is -0.605. The van der Waals surface area contributed by atoms with Crippen molar-refractivity contribution in [1.29, 1.82) is 0 Å². The van der Waals surface area contributed by atoms with Crippen LogP contribution in [0.1, 0.15) is 35.6 Å². The number of amides is 1. The largest absolute Gasteiger partial charge is 0.619 e. The summed E-state index contributed by atoms with van der Waals surface area (Å²) in [6, 6.07) is 8.97. The molecular formula is C35H38Cl2F2N4O9S. The number of anilines is 2. The molecule has 0 bridgehead atoms. The molecule has 1 amide bonds. The van der Waals surface area contributed by atoms with Gasteiger partial charge in [0, 0.05) is 43.9 Å². The molecular weight excluding hydrogens is 761 g/mol. The number of pyridine rings is 1. The van der Waals surface area contributed by atoms with E-state index in [1.54, 1.807) is 18.2 Å². The number of carbonyl (C=O) groups is 2. The summed E-state index contributed by atoms with van der Waals surface area (Å²) in [7, 11) is -3.66. The van der Waals surface area contributed by atoms with Gasteiger partial charge in [0.15, 0.2) is 23.9 Å². The third kappa shape index (κ3) is 9.97. The molecule has 1 saturated heterocycles. The van der Waals surface area contributed by atoms with Gasteiger partial charge in [-0.1, -0.05) is 29.3 Å². The number of halogens is 4. The Balaban J connectivity index is 1.23. The number of aromatic nitrogens is 1. The Morgan fingerprint density at radius 1 is 1.09 bits per heavy atom. The monoisotopic (exact) mass is 798 g/mol. The number of hydrogen-bond acceptors (Lipinski definition) is 10. The number of carbonyl (C=O) groups excluding carboxylic acids is 2. The summed E-state index contributed by atoms with van der Waals surface area (Å²) in [6.07, 6.45) is 3.87. The Morgan fingerprint density at radius 3 is 2.47 bits per heavy atom. The van der Waals surface area contributed by atoms with E-state index in [2.05, 4.69) is 9.64 Å². The van der Waals surface area contributed by atoms with Gasteiger partial charge < -0.3 is 29.1 Å². The van der Waals surface area contributed by atoms with Crippen LogP contribution in [0.15, 0.2) is 48.8 Å².